The predicted molar refractivity (Wildman–Crippen MR) is 97.4 cm³/mol. The molecule has 1 aromatic heterocycles. The minimum absolute atomic E-state index is 0.159. The minimum atomic E-state index is -0.231. The molecule has 0 aliphatic heterocycles. The maximum atomic E-state index is 12.6. The van der Waals surface area contributed by atoms with Crippen LogP contribution in [-0.4, -0.2) is 22.6 Å². The molecule has 1 heterocycles. The number of aromatic nitrogens is 2. The summed E-state index contributed by atoms with van der Waals surface area (Å²) in [6.45, 7) is 1.93. The third-order valence-electron chi connectivity index (χ3n) is 3.95. The molecule has 1 N–H and O–H groups in total. The number of methoxy groups -OCH3 is 1. The number of carbonyl (C=O) groups is 1. The van der Waals surface area contributed by atoms with E-state index in [2.05, 4.69) is 10.3 Å². The van der Waals surface area contributed by atoms with Crippen LogP contribution in [-0.2, 0) is 0 Å². The van der Waals surface area contributed by atoms with Gasteiger partial charge in [-0.15, -0.1) is 0 Å². The van der Waals surface area contributed by atoms with Crippen molar-refractivity contribution in [1.82, 2.24) is 14.9 Å². The molecule has 0 saturated carbocycles. The van der Waals surface area contributed by atoms with Gasteiger partial charge in [0.15, 0.2) is 0 Å². The van der Waals surface area contributed by atoms with E-state index in [4.69, 9.17) is 16.3 Å². The number of nitrogens with one attached hydrogen (secondary N) is 1. The summed E-state index contributed by atoms with van der Waals surface area (Å²) >= 11 is 5.99. The molecule has 0 radical (unpaired) electrons. The van der Waals surface area contributed by atoms with Crippen LogP contribution in [0.1, 0.15) is 28.9 Å². The first kappa shape index (κ1) is 17.0. The minimum Gasteiger partial charge on any atom is -0.496 e. The summed E-state index contributed by atoms with van der Waals surface area (Å²) in [5.74, 6) is 0.259. The summed E-state index contributed by atoms with van der Waals surface area (Å²) in [6.07, 6.45) is 5.35. The Morgan fingerprint density at radius 1 is 1.24 bits per heavy atom. The van der Waals surface area contributed by atoms with Crippen molar-refractivity contribution >= 4 is 17.5 Å². The summed E-state index contributed by atoms with van der Waals surface area (Å²) in [7, 11) is 1.53. The molecule has 0 unspecified atom stereocenters. The summed E-state index contributed by atoms with van der Waals surface area (Å²) in [4.78, 5) is 16.6. The Kier molecular flexibility index (Phi) is 5.05. The van der Waals surface area contributed by atoms with Gasteiger partial charge in [0.05, 0.1) is 25.0 Å². The van der Waals surface area contributed by atoms with Crippen molar-refractivity contribution in [1.29, 1.82) is 0 Å². The lowest BCUT2D eigenvalue weighted by Crippen LogP contribution is -2.27. The van der Waals surface area contributed by atoms with Crippen LogP contribution in [0.5, 0.6) is 5.75 Å². The van der Waals surface area contributed by atoms with Crippen molar-refractivity contribution in [2.75, 3.05) is 7.11 Å². The smallest absolute Gasteiger partial charge is 0.255 e. The molecular weight excluding hydrogens is 338 g/mol. The highest BCUT2D eigenvalue weighted by Gasteiger charge is 2.16. The Labute approximate surface area is 151 Å². The van der Waals surface area contributed by atoms with Gasteiger partial charge in [-0.1, -0.05) is 23.7 Å². The highest BCUT2D eigenvalue weighted by Crippen LogP contribution is 2.24. The number of imidazole rings is 1. The van der Waals surface area contributed by atoms with Crippen LogP contribution >= 0.6 is 11.6 Å². The van der Waals surface area contributed by atoms with E-state index >= 15 is 0 Å². The third-order valence-corrected chi connectivity index (χ3v) is 4.18. The van der Waals surface area contributed by atoms with Crippen LogP contribution in [0.15, 0.2) is 61.2 Å². The average molecular weight is 356 g/mol. The van der Waals surface area contributed by atoms with Gasteiger partial charge in [-0.2, -0.15) is 0 Å². The fourth-order valence-corrected chi connectivity index (χ4v) is 2.73. The number of benzene rings is 2. The van der Waals surface area contributed by atoms with Crippen molar-refractivity contribution in [3.05, 3.63) is 77.3 Å². The molecule has 0 spiro atoms. The molecule has 2 aromatic carbocycles. The number of rotatable bonds is 5. The highest BCUT2D eigenvalue weighted by molar-refractivity contribution is 6.31. The molecule has 0 saturated heterocycles. The Morgan fingerprint density at radius 2 is 2.00 bits per heavy atom. The van der Waals surface area contributed by atoms with Crippen LogP contribution in [0, 0.1) is 0 Å². The standard InChI is InChI=1S/C19H18ClN3O2/c1-13(14-3-6-16(7-4-14)23-10-9-21-12-23)22-19(24)17-11-15(20)5-8-18(17)25-2/h3-13H,1-2H3,(H,22,24)/t13-/m1/s1. The SMILES string of the molecule is COc1ccc(Cl)cc1C(=O)N[C@H](C)c1ccc(-n2ccnc2)cc1. The molecule has 3 aromatic rings. The summed E-state index contributed by atoms with van der Waals surface area (Å²) in [6, 6.07) is 12.7. The first-order valence-corrected chi connectivity index (χ1v) is 8.19. The van der Waals surface area contributed by atoms with Crippen LogP contribution in [0.25, 0.3) is 5.69 Å². The van der Waals surface area contributed by atoms with Crippen molar-refractivity contribution in [3.8, 4) is 11.4 Å². The van der Waals surface area contributed by atoms with Crippen molar-refractivity contribution < 1.29 is 9.53 Å². The van der Waals surface area contributed by atoms with Gasteiger partial charge in [0.25, 0.3) is 5.91 Å². The molecule has 0 aliphatic carbocycles. The Hall–Kier alpha value is -2.79. The largest absolute Gasteiger partial charge is 0.496 e. The number of ether oxygens (including phenoxy) is 1. The molecule has 0 aliphatic rings. The fraction of sp³-hybridized carbons (Fsp3) is 0.158. The number of halogens is 1. The van der Waals surface area contributed by atoms with E-state index < -0.39 is 0 Å². The maximum absolute atomic E-state index is 12.6. The van der Waals surface area contributed by atoms with E-state index in [0.717, 1.165) is 11.3 Å². The molecule has 6 heteroatoms. The lowest BCUT2D eigenvalue weighted by molar-refractivity contribution is 0.0937. The zero-order valence-corrected chi connectivity index (χ0v) is 14.7. The van der Waals surface area contributed by atoms with Crippen molar-refractivity contribution in [2.45, 2.75) is 13.0 Å². The lowest BCUT2D eigenvalue weighted by Gasteiger charge is -2.16. The Morgan fingerprint density at radius 3 is 2.64 bits per heavy atom. The highest BCUT2D eigenvalue weighted by atomic mass is 35.5. The van der Waals surface area contributed by atoms with E-state index in [1.807, 2.05) is 42.0 Å². The second-order valence-electron chi connectivity index (χ2n) is 5.60. The van der Waals surface area contributed by atoms with E-state index in [9.17, 15) is 4.79 Å². The number of nitrogens with zero attached hydrogens (tertiary/aromatic N) is 2. The van der Waals surface area contributed by atoms with E-state index in [-0.39, 0.29) is 11.9 Å². The van der Waals surface area contributed by atoms with Gasteiger partial charge in [-0.05, 0) is 42.8 Å². The van der Waals surface area contributed by atoms with Crippen LogP contribution < -0.4 is 10.1 Å². The molecule has 25 heavy (non-hydrogen) atoms. The molecule has 0 bridgehead atoms. The Bertz CT molecular complexity index is 861. The van der Waals surface area contributed by atoms with E-state index in [1.165, 1.54) is 7.11 Å². The number of hydrogen-bond donors (Lipinski definition) is 1. The predicted octanol–water partition coefficient (Wildman–Crippen LogP) is 4.03. The first-order valence-electron chi connectivity index (χ1n) is 7.81. The molecular formula is C19H18ClN3O2. The van der Waals surface area contributed by atoms with Crippen LogP contribution in [0.2, 0.25) is 5.02 Å². The van der Waals surface area contributed by atoms with Gasteiger partial charge in [-0.25, -0.2) is 4.98 Å². The first-order chi connectivity index (χ1) is 12.1. The zero-order valence-electron chi connectivity index (χ0n) is 13.9. The molecule has 0 fully saturated rings. The van der Waals surface area contributed by atoms with Gasteiger partial charge in [0, 0.05) is 23.1 Å². The molecule has 128 valence electrons. The van der Waals surface area contributed by atoms with Crippen molar-refractivity contribution in [3.63, 3.8) is 0 Å². The summed E-state index contributed by atoms with van der Waals surface area (Å²) in [5.41, 5.74) is 2.42. The van der Waals surface area contributed by atoms with Crippen LogP contribution in [0.4, 0.5) is 0 Å². The van der Waals surface area contributed by atoms with Gasteiger partial charge in [0.1, 0.15) is 5.75 Å². The summed E-state index contributed by atoms with van der Waals surface area (Å²) < 4.78 is 7.16. The van der Waals surface area contributed by atoms with E-state index in [0.29, 0.717) is 16.3 Å². The molecule has 1 amide bonds. The average Bonchev–Trinajstić information content (AvgIpc) is 3.16. The van der Waals surface area contributed by atoms with Crippen LogP contribution in [0.3, 0.4) is 0 Å². The third kappa shape index (κ3) is 3.83. The normalized spacial score (nSPS) is 11.8. The molecule has 3 rings (SSSR count). The monoisotopic (exact) mass is 355 g/mol. The van der Waals surface area contributed by atoms with Gasteiger partial charge in [0.2, 0.25) is 0 Å². The Balaban J connectivity index is 1.74. The van der Waals surface area contributed by atoms with E-state index in [1.54, 1.807) is 30.7 Å². The number of hydrogen-bond acceptors (Lipinski definition) is 3. The summed E-state index contributed by atoms with van der Waals surface area (Å²) in [5, 5.41) is 3.46. The van der Waals surface area contributed by atoms with Gasteiger partial charge < -0.3 is 14.6 Å². The zero-order chi connectivity index (χ0) is 17.8. The molecule has 5 nitrogen and oxygen atoms in total. The van der Waals surface area contributed by atoms with Gasteiger partial charge in [-0.3, -0.25) is 4.79 Å². The maximum Gasteiger partial charge on any atom is 0.255 e. The lowest BCUT2D eigenvalue weighted by atomic mass is 10.1. The molecule has 1 atom stereocenters. The fourth-order valence-electron chi connectivity index (χ4n) is 2.56. The second-order valence-corrected chi connectivity index (χ2v) is 6.04. The topological polar surface area (TPSA) is 56.1 Å². The number of carbonyl (C=O) groups excluding carboxylic acids is 1. The van der Waals surface area contributed by atoms with Crippen molar-refractivity contribution in [2.24, 2.45) is 0 Å². The van der Waals surface area contributed by atoms with Gasteiger partial charge >= 0.3 is 0 Å². The quantitative estimate of drug-likeness (QED) is 0.751. The second kappa shape index (κ2) is 7.40. The number of amides is 1.